The van der Waals surface area contributed by atoms with Crippen LogP contribution in [0.3, 0.4) is 0 Å². The number of carbonyl (C=O) groups is 1. The van der Waals surface area contributed by atoms with E-state index in [9.17, 15) is 4.79 Å². The van der Waals surface area contributed by atoms with Crippen LogP contribution in [-0.4, -0.2) is 13.1 Å². The quantitative estimate of drug-likeness (QED) is 0.465. The zero-order chi connectivity index (χ0) is 9.52. The maximum absolute atomic E-state index is 10.7. The summed E-state index contributed by atoms with van der Waals surface area (Å²) in [6.07, 6.45) is 11.6. The lowest BCUT2D eigenvalue weighted by atomic mass is 10.2. The fourth-order valence-corrected chi connectivity index (χ4v) is 1.18. The van der Waals surface area contributed by atoms with Crippen LogP contribution >= 0.6 is 0 Å². The first-order valence-corrected chi connectivity index (χ1v) is 4.88. The smallest absolute Gasteiger partial charge is 0.305 e. The minimum Gasteiger partial charge on any atom is -0.469 e. The van der Waals surface area contributed by atoms with Gasteiger partial charge in [0.2, 0.25) is 0 Å². The average molecular weight is 181 g/mol. The summed E-state index contributed by atoms with van der Waals surface area (Å²) in [6.45, 7) is 0. The van der Waals surface area contributed by atoms with E-state index in [2.05, 4.69) is 23.3 Å². The number of hydrogen-bond acceptors (Lipinski definition) is 2. The van der Waals surface area contributed by atoms with Crippen LogP contribution in [0, 0.1) is 12.3 Å². The number of esters is 1. The van der Waals surface area contributed by atoms with Crippen LogP contribution in [0.15, 0.2) is 12.2 Å². The zero-order valence-corrected chi connectivity index (χ0v) is 8.16. The Kier molecular flexibility index (Phi) is 4.58. The highest BCUT2D eigenvalue weighted by Gasteiger charge is 2.19. The van der Waals surface area contributed by atoms with Crippen LogP contribution in [0.2, 0.25) is 0 Å². The van der Waals surface area contributed by atoms with Gasteiger partial charge in [0.1, 0.15) is 0 Å². The Hall–Kier alpha value is -0.790. The Bertz CT molecular complexity index is 181. The van der Waals surface area contributed by atoms with Gasteiger partial charge >= 0.3 is 5.97 Å². The third-order valence-corrected chi connectivity index (χ3v) is 2.18. The van der Waals surface area contributed by atoms with Crippen molar-refractivity contribution in [3.8, 4) is 0 Å². The largest absolute Gasteiger partial charge is 0.469 e. The van der Waals surface area contributed by atoms with Crippen LogP contribution in [-0.2, 0) is 9.53 Å². The van der Waals surface area contributed by atoms with Crippen LogP contribution in [0.25, 0.3) is 0 Å². The number of ether oxygens (including phenoxy) is 1. The highest BCUT2D eigenvalue weighted by atomic mass is 16.5. The number of allylic oxidation sites excluding steroid dienone is 2. The lowest BCUT2D eigenvalue weighted by Gasteiger charge is -1.94. The van der Waals surface area contributed by atoms with Gasteiger partial charge in [0, 0.05) is 6.42 Å². The third kappa shape index (κ3) is 5.45. The summed E-state index contributed by atoms with van der Waals surface area (Å²) < 4.78 is 4.53. The second-order valence-electron chi connectivity index (χ2n) is 3.40. The number of methoxy groups -OCH3 is 1. The highest BCUT2D eigenvalue weighted by Crippen LogP contribution is 2.31. The van der Waals surface area contributed by atoms with Crippen molar-refractivity contribution in [1.29, 1.82) is 0 Å². The zero-order valence-electron chi connectivity index (χ0n) is 8.16. The van der Waals surface area contributed by atoms with Gasteiger partial charge in [-0.2, -0.15) is 0 Å². The molecule has 0 aliphatic heterocycles. The number of carbonyl (C=O) groups excluding carboxylic acids is 1. The summed E-state index contributed by atoms with van der Waals surface area (Å²) in [5.41, 5.74) is 0. The molecule has 1 atom stereocenters. The lowest BCUT2D eigenvalue weighted by molar-refractivity contribution is -0.140. The van der Waals surface area contributed by atoms with Crippen LogP contribution < -0.4 is 0 Å². The van der Waals surface area contributed by atoms with E-state index in [1.807, 2.05) is 0 Å². The molecule has 2 heteroatoms. The molecule has 0 heterocycles. The first-order valence-electron chi connectivity index (χ1n) is 4.88. The van der Waals surface area contributed by atoms with Crippen LogP contribution in [0.4, 0.5) is 0 Å². The Morgan fingerprint density at radius 1 is 1.54 bits per heavy atom. The molecule has 0 aromatic rings. The van der Waals surface area contributed by atoms with Crippen LogP contribution in [0.5, 0.6) is 0 Å². The fourth-order valence-electron chi connectivity index (χ4n) is 1.18. The first kappa shape index (κ1) is 10.3. The predicted molar refractivity (Wildman–Crippen MR) is 52.0 cm³/mol. The molecule has 73 valence electrons. The van der Waals surface area contributed by atoms with Gasteiger partial charge in [-0.15, -0.1) is 0 Å². The minimum atomic E-state index is -0.125. The average Bonchev–Trinajstić information content (AvgIpc) is 2.94. The minimum absolute atomic E-state index is 0.125. The predicted octanol–water partition coefficient (Wildman–Crippen LogP) is 2.50. The van der Waals surface area contributed by atoms with E-state index < -0.39 is 0 Å². The summed E-state index contributed by atoms with van der Waals surface area (Å²) in [4.78, 5) is 10.7. The van der Waals surface area contributed by atoms with Crippen molar-refractivity contribution >= 4 is 5.97 Å². The molecule has 0 N–H and O–H groups in total. The second kappa shape index (κ2) is 5.79. The number of hydrogen-bond donors (Lipinski definition) is 0. The van der Waals surface area contributed by atoms with Crippen LogP contribution in [0.1, 0.15) is 32.1 Å². The van der Waals surface area contributed by atoms with Gasteiger partial charge in [0.05, 0.1) is 7.11 Å². The van der Waals surface area contributed by atoms with Crippen molar-refractivity contribution in [2.24, 2.45) is 5.92 Å². The molecular weight excluding hydrogens is 164 g/mol. The van der Waals surface area contributed by atoms with Gasteiger partial charge in [-0.25, -0.2) is 0 Å². The standard InChI is InChI=1S/C11H17O2/c1-13-11(12)7-5-3-2-4-6-10-8-9-10/h2-3,8,10H,4-7,9H2,1H3. The molecule has 1 unspecified atom stereocenters. The Balaban J connectivity index is 1.88. The van der Waals surface area contributed by atoms with Gasteiger partial charge in [-0.3, -0.25) is 4.79 Å². The fraction of sp³-hybridized carbons (Fsp3) is 0.636. The van der Waals surface area contributed by atoms with Crippen molar-refractivity contribution < 1.29 is 9.53 Å². The molecule has 1 aliphatic carbocycles. The summed E-state index contributed by atoms with van der Waals surface area (Å²) in [7, 11) is 1.43. The normalized spacial score (nSPS) is 16.4. The molecule has 1 radical (unpaired) electrons. The first-order chi connectivity index (χ1) is 6.33. The summed E-state index contributed by atoms with van der Waals surface area (Å²) in [5.74, 6) is 0.755. The SMILES string of the molecule is COC(=O)CCC=CCCC1[CH]C1. The molecule has 1 rings (SSSR count). The van der Waals surface area contributed by atoms with E-state index in [0.717, 1.165) is 18.8 Å². The maximum atomic E-state index is 10.7. The molecule has 0 spiro atoms. The van der Waals surface area contributed by atoms with E-state index in [1.54, 1.807) is 0 Å². The van der Waals surface area contributed by atoms with Gasteiger partial charge < -0.3 is 4.74 Å². The molecule has 0 saturated heterocycles. The molecule has 0 aromatic heterocycles. The third-order valence-electron chi connectivity index (χ3n) is 2.18. The second-order valence-corrected chi connectivity index (χ2v) is 3.40. The van der Waals surface area contributed by atoms with E-state index in [1.165, 1.54) is 20.0 Å². The Morgan fingerprint density at radius 2 is 2.23 bits per heavy atom. The van der Waals surface area contributed by atoms with Gasteiger partial charge in [0.15, 0.2) is 0 Å². The molecule has 2 nitrogen and oxygen atoms in total. The summed E-state index contributed by atoms with van der Waals surface area (Å²) in [5, 5.41) is 0. The van der Waals surface area contributed by atoms with E-state index >= 15 is 0 Å². The van der Waals surface area contributed by atoms with Crippen molar-refractivity contribution in [3.63, 3.8) is 0 Å². The summed E-state index contributed by atoms with van der Waals surface area (Å²) in [6, 6.07) is 0. The van der Waals surface area contributed by atoms with Crippen molar-refractivity contribution in [2.45, 2.75) is 32.1 Å². The maximum Gasteiger partial charge on any atom is 0.305 e. The van der Waals surface area contributed by atoms with Crippen molar-refractivity contribution in [1.82, 2.24) is 0 Å². The Labute approximate surface area is 80.0 Å². The number of rotatable bonds is 6. The monoisotopic (exact) mass is 181 g/mol. The molecule has 13 heavy (non-hydrogen) atoms. The van der Waals surface area contributed by atoms with Crippen molar-refractivity contribution in [2.75, 3.05) is 7.11 Å². The van der Waals surface area contributed by atoms with E-state index in [4.69, 9.17) is 0 Å². The van der Waals surface area contributed by atoms with E-state index in [-0.39, 0.29) is 5.97 Å². The lowest BCUT2D eigenvalue weighted by Crippen LogP contribution is -1.97. The van der Waals surface area contributed by atoms with E-state index in [0.29, 0.717) is 6.42 Å². The van der Waals surface area contributed by atoms with Gasteiger partial charge in [0.25, 0.3) is 0 Å². The van der Waals surface area contributed by atoms with Gasteiger partial charge in [-0.1, -0.05) is 12.2 Å². The molecule has 1 saturated carbocycles. The topological polar surface area (TPSA) is 26.3 Å². The molecule has 1 aliphatic rings. The van der Waals surface area contributed by atoms with Gasteiger partial charge in [-0.05, 0) is 38.0 Å². The van der Waals surface area contributed by atoms with Crippen molar-refractivity contribution in [3.05, 3.63) is 18.6 Å². The molecule has 0 amide bonds. The molecule has 0 aromatic carbocycles. The molecule has 0 bridgehead atoms. The molecular formula is C11H17O2. The molecule has 1 fully saturated rings. The highest BCUT2D eigenvalue weighted by molar-refractivity contribution is 5.69. The summed E-state index contributed by atoms with van der Waals surface area (Å²) >= 11 is 0. The Morgan fingerprint density at radius 3 is 2.85 bits per heavy atom.